The van der Waals surface area contributed by atoms with Crippen LogP contribution in [0.2, 0.25) is 0 Å². The van der Waals surface area contributed by atoms with Crippen molar-refractivity contribution in [1.29, 1.82) is 0 Å². The molecular formula is C12H20N2O3S. The molecule has 102 valence electrons. The van der Waals surface area contributed by atoms with E-state index in [-0.39, 0.29) is 12.1 Å². The number of hydrogen-bond acceptors (Lipinski definition) is 3. The van der Waals surface area contributed by atoms with Gasteiger partial charge in [-0.1, -0.05) is 0 Å². The van der Waals surface area contributed by atoms with Gasteiger partial charge in [0, 0.05) is 19.1 Å². The molecule has 0 bridgehead atoms. The van der Waals surface area contributed by atoms with Crippen LogP contribution in [0.1, 0.15) is 19.8 Å². The van der Waals surface area contributed by atoms with Gasteiger partial charge in [-0.05, 0) is 37.2 Å². The number of aliphatic carboxylic acids is 1. The molecule has 2 aliphatic rings. The lowest BCUT2D eigenvalue weighted by Gasteiger charge is -2.24. The lowest BCUT2D eigenvalue weighted by Crippen LogP contribution is -2.45. The zero-order valence-corrected chi connectivity index (χ0v) is 11.4. The molecule has 0 saturated carbocycles. The molecule has 2 N–H and O–H groups in total. The van der Waals surface area contributed by atoms with Crippen LogP contribution in [0, 0.1) is 11.8 Å². The number of amides is 2. The Kier molecular flexibility index (Phi) is 4.37. The van der Waals surface area contributed by atoms with Crippen LogP contribution in [0.4, 0.5) is 4.79 Å². The molecule has 0 aromatic carbocycles. The molecule has 0 radical (unpaired) electrons. The SMILES string of the molecule is CC1C(C(=O)O)CCN1C(=O)NCC1CCSC1. The van der Waals surface area contributed by atoms with Crippen LogP contribution in [-0.4, -0.2) is 52.6 Å². The van der Waals surface area contributed by atoms with Crippen molar-refractivity contribution in [3.05, 3.63) is 0 Å². The average Bonchev–Trinajstić information content (AvgIpc) is 2.94. The Morgan fingerprint density at radius 1 is 1.44 bits per heavy atom. The average molecular weight is 272 g/mol. The highest BCUT2D eigenvalue weighted by Gasteiger charge is 2.38. The van der Waals surface area contributed by atoms with E-state index in [1.165, 1.54) is 5.75 Å². The Balaban J connectivity index is 1.80. The number of carbonyl (C=O) groups excluding carboxylic acids is 1. The summed E-state index contributed by atoms with van der Waals surface area (Å²) in [5, 5.41) is 12.0. The number of nitrogens with one attached hydrogen (secondary N) is 1. The van der Waals surface area contributed by atoms with Crippen LogP contribution < -0.4 is 5.32 Å². The van der Waals surface area contributed by atoms with Gasteiger partial charge in [0.15, 0.2) is 0 Å². The summed E-state index contributed by atoms with van der Waals surface area (Å²) in [7, 11) is 0. The van der Waals surface area contributed by atoms with Crippen LogP contribution in [-0.2, 0) is 4.79 Å². The van der Waals surface area contributed by atoms with Crippen molar-refractivity contribution in [3.8, 4) is 0 Å². The summed E-state index contributed by atoms with van der Waals surface area (Å²) in [5.74, 6) is 1.66. The number of likely N-dealkylation sites (tertiary alicyclic amines) is 1. The summed E-state index contributed by atoms with van der Waals surface area (Å²) < 4.78 is 0. The Hall–Kier alpha value is -0.910. The highest BCUT2D eigenvalue weighted by molar-refractivity contribution is 7.99. The van der Waals surface area contributed by atoms with E-state index in [4.69, 9.17) is 5.11 Å². The number of nitrogens with zero attached hydrogens (tertiary/aromatic N) is 1. The van der Waals surface area contributed by atoms with Crippen LogP contribution >= 0.6 is 11.8 Å². The van der Waals surface area contributed by atoms with E-state index < -0.39 is 11.9 Å². The van der Waals surface area contributed by atoms with Crippen molar-refractivity contribution in [2.24, 2.45) is 11.8 Å². The molecule has 5 nitrogen and oxygen atoms in total. The molecule has 18 heavy (non-hydrogen) atoms. The predicted molar refractivity (Wildman–Crippen MR) is 70.7 cm³/mol. The number of rotatable bonds is 3. The van der Waals surface area contributed by atoms with E-state index in [1.54, 1.807) is 4.90 Å². The number of carboxylic acid groups (broad SMARTS) is 1. The molecule has 2 fully saturated rings. The standard InChI is InChI=1S/C12H20N2O3S/c1-8-10(11(15)16)2-4-14(8)12(17)13-6-9-3-5-18-7-9/h8-10H,2-7H2,1H3,(H,13,17)(H,15,16). The van der Waals surface area contributed by atoms with Crippen LogP contribution in [0.25, 0.3) is 0 Å². The normalized spacial score (nSPS) is 31.6. The lowest BCUT2D eigenvalue weighted by molar-refractivity contribution is -0.142. The van der Waals surface area contributed by atoms with Gasteiger partial charge < -0.3 is 15.3 Å². The Labute approximate surface area is 111 Å². The van der Waals surface area contributed by atoms with Crippen LogP contribution in [0.15, 0.2) is 0 Å². The first kappa shape index (κ1) is 13.5. The summed E-state index contributed by atoms with van der Waals surface area (Å²) in [4.78, 5) is 24.6. The van der Waals surface area contributed by atoms with E-state index >= 15 is 0 Å². The second kappa shape index (κ2) is 5.82. The quantitative estimate of drug-likeness (QED) is 0.811. The van der Waals surface area contributed by atoms with Gasteiger partial charge in [0.05, 0.1) is 5.92 Å². The minimum absolute atomic E-state index is 0.108. The zero-order valence-electron chi connectivity index (χ0n) is 10.6. The van der Waals surface area contributed by atoms with E-state index in [1.807, 2.05) is 18.7 Å². The molecule has 2 saturated heterocycles. The van der Waals surface area contributed by atoms with Gasteiger partial charge in [-0.15, -0.1) is 0 Å². The summed E-state index contributed by atoms with van der Waals surface area (Å²) in [6.45, 7) is 3.08. The lowest BCUT2D eigenvalue weighted by atomic mass is 10.0. The van der Waals surface area contributed by atoms with Gasteiger partial charge >= 0.3 is 12.0 Å². The molecular weight excluding hydrogens is 252 g/mol. The first-order chi connectivity index (χ1) is 8.59. The molecule has 2 aliphatic heterocycles. The highest BCUT2D eigenvalue weighted by Crippen LogP contribution is 2.25. The number of hydrogen-bond donors (Lipinski definition) is 2. The molecule has 2 heterocycles. The number of carboxylic acids is 1. The first-order valence-corrected chi connectivity index (χ1v) is 7.60. The minimum atomic E-state index is -0.801. The topological polar surface area (TPSA) is 69.6 Å². The molecule has 3 atom stereocenters. The maximum Gasteiger partial charge on any atom is 0.317 e. The fraction of sp³-hybridized carbons (Fsp3) is 0.833. The Morgan fingerprint density at radius 3 is 2.78 bits per heavy atom. The fourth-order valence-corrected chi connectivity index (χ4v) is 3.92. The van der Waals surface area contributed by atoms with Crippen LogP contribution in [0.3, 0.4) is 0 Å². The van der Waals surface area contributed by atoms with E-state index in [0.29, 0.717) is 25.4 Å². The summed E-state index contributed by atoms with van der Waals surface area (Å²) >= 11 is 1.93. The molecule has 6 heteroatoms. The second-order valence-corrected chi connectivity index (χ2v) is 6.23. The van der Waals surface area contributed by atoms with Gasteiger partial charge in [-0.25, -0.2) is 4.79 Å². The molecule has 0 aliphatic carbocycles. The predicted octanol–water partition coefficient (Wildman–Crippen LogP) is 1.24. The highest BCUT2D eigenvalue weighted by atomic mass is 32.2. The first-order valence-electron chi connectivity index (χ1n) is 6.44. The maximum atomic E-state index is 12.0. The van der Waals surface area contributed by atoms with Crippen molar-refractivity contribution >= 4 is 23.8 Å². The summed E-state index contributed by atoms with van der Waals surface area (Å²) in [6.07, 6.45) is 1.72. The zero-order chi connectivity index (χ0) is 13.1. The van der Waals surface area contributed by atoms with Gasteiger partial charge in [-0.2, -0.15) is 11.8 Å². The third kappa shape index (κ3) is 2.91. The molecule has 0 aromatic heterocycles. The molecule has 0 aromatic rings. The third-order valence-electron chi connectivity index (χ3n) is 3.90. The van der Waals surface area contributed by atoms with Gasteiger partial charge in [0.25, 0.3) is 0 Å². The minimum Gasteiger partial charge on any atom is -0.481 e. The van der Waals surface area contributed by atoms with Crippen molar-refractivity contribution in [2.75, 3.05) is 24.6 Å². The molecule has 0 spiro atoms. The largest absolute Gasteiger partial charge is 0.481 e. The van der Waals surface area contributed by atoms with Crippen molar-refractivity contribution in [3.63, 3.8) is 0 Å². The number of thioether (sulfide) groups is 1. The molecule has 2 rings (SSSR count). The molecule has 2 amide bonds. The van der Waals surface area contributed by atoms with Crippen molar-refractivity contribution < 1.29 is 14.7 Å². The van der Waals surface area contributed by atoms with Gasteiger partial charge in [-0.3, -0.25) is 4.79 Å². The molecule has 3 unspecified atom stereocenters. The monoisotopic (exact) mass is 272 g/mol. The maximum absolute atomic E-state index is 12.0. The third-order valence-corrected chi connectivity index (χ3v) is 5.13. The fourth-order valence-electron chi connectivity index (χ4n) is 2.63. The van der Waals surface area contributed by atoms with E-state index in [9.17, 15) is 9.59 Å². The van der Waals surface area contributed by atoms with Crippen molar-refractivity contribution in [1.82, 2.24) is 10.2 Å². The van der Waals surface area contributed by atoms with Gasteiger partial charge in [0.2, 0.25) is 0 Å². The van der Waals surface area contributed by atoms with Crippen molar-refractivity contribution in [2.45, 2.75) is 25.8 Å². The summed E-state index contributed by atoms with van der Waals surface area (Å²) in [6, 6.07) is -0.316. The van der Waals surface area contributed by atoms with Gasteiger partial charge in [0.1, 0.15) is 0 Å². The van der Waals surface area contributed by atoms with E-state index in [0.717, 1.165) is 12.2 Å². The second-order valence-electron chi connectivity index (χ2n) is 5.08. The smallest absolute Gasteiger partial charge is 0.317 e. The Bertz CT molecular complexity index is 331. The van der Waals surface area contributed by atoms with Crippen LogP contribution in [0.5, 0.6) is 0 Å². The number of urea groups is 1. The number of carbonyl (C=O) groups is 2. The Morgan fingerprint density at radius 2 is 2.22 bits per heavy atom. The summed E-state index contributed by atoms with van der Waals surface area (Å²) in [5.41, 5.74) is 0. The van der Waals surface area contributed by atoms with E-state index in [2.05, 4.69) is 5.32 Å².